The molecule has 0 unspecified atom stereocenters. The molecule has 1 aromatic rings. The van der Waals surface area contributed by atoms with Crippen LogP contribution in [0.2, 0.25) is 0 Å². The van der Waals surface area contributed by atoms with Crippen molar-refractivity contribution < 1.29 is 13.2 Å². The summed E-state index contributed by atoms with van der Waals surface area (Å²) in [5, 5.41) is 0.674. The molecule has 1 heterocycles. The van der Waals surface area contributed by atoms with Crippen molar-refractivity contribution in [2.24, 2.45) is 0 Å². The number of pyridine rings is 1. The Hall–Kier alpha value is -0.580. The van der Waals surface area contributed by atoms with Gasteiger partial charge in [0.2, 0.25) is 0 Å². The molecule has 0 spiro atoms. The van der Waals surface area contributed by atoms with Crippen LogP contribution in [0.15, 0.2) is 18.3 Å². The molecule has 5 heteroatoms. The molecule has 1 aromatic heterocycles. The predicted octanol–water partition coefficient (Wildman–Crippen LogP) is 3.77. The number of aromatic nitrogens is 1. The SMILES string of the molecule is CC(C)(CBr)c1ccc(C(F)(F)F)nc1. The normalized spacial score (nSPS) is 12.9. The molecule has 15 heavy (non-hydrogen) atoms. The van der Waals surface area contributed by atoms with Gasteiger partial charge in [0.05, 0.1) is 0 Å². The van der Waals surface area contributed by atoms with E-state index in [4.69, 9.17) is 0 Å². The van der Waals surface area contributed by atoms with Gasteiger partial charge in [0.15, 0.2) is 0 Å². The first-order valence-electron chi connectivity index (χ1n) is 4.37. The second kappa shape index (κ2) is 4.12. The third-order valence-corrected chi connectivity index (χ3v) is 3.57. The molecular weight excluding hydrogens is 271 g/mol. The number of hydrogen-bond acceptors (Lipinski definition) is 1. The van der Waals surface area contributed by atoms with Gasteiger partial charge in [-0.1, -0.05) is 35.8 Å². The smallest absolute Gasteiger partial charge is 0.251 e. The predicted molar refractivity (Wildman–Crippen MR) is 56.1 cm³/mol. The third kappa shape index (κ3) is 2.93. The van der Waals surface area contributed by atoms with Crippen LogP contribution in [0.3, 0.4) is 0 Å². The Labute approximate surface area is 94.8 Å². The standard InChI is InChI=1S/C10H11BrF3N/c1-9(2,6-11)7-3-4-8(15-5-7)10(12,13)14/h3-5H,6H2,1-2H3. The zero-order valence-corrected chi connectivity index (χ0v) is 9.98. The molecule has 0 atom stereocenters. The lowest BCUT2D eigenvalue weighted by Crippen LogP contribution is -2.19. The quantitative estimate of drug-likeness (QED) is 0.752. The van der Waals surface area contributed by atoms with Gasteiger partial charge in [-0.05, 0) is 11.6 Å². The van der Waals surface area contributed by atoms with Crippen molar-refractivity contribution in [3.63, 3.8) is 0 Å². The Kier molecular flexibility index (Phi) is 3.43. The highest BCUT2D eigenvalue weighted by atomic mass is 79.9. The van der Waals surface area contributed by atoms with Gasteiger partial charge in [-0.15, -0.1) is 0 Å². The number of rotatable bonds is 2. The molecule has 0 aliphatic rings. The van der Waals surface area contributed by atoms with Crippen LogP contribution in [0, 0.1) is 0 Å². The van der Waals surface area contributed by atoms with Crippen molar-refractivity contribution in [2.75, 3.05) is 5.33 Å². The molecule has 0 radical (unpaired) electrons. The first-order chi connectivity index (χ1) is 6.77. The monoisotopic (exact) mass is 281 g/mol. The van der Waals surface area contributed by atoms with E-state index in [1.165, 1.54) is 12.3 Å². The number of alkyl halides is 4. The summed E-state index contributed by atoms with van der Waals surface area (Å²) < 4.78 is 36.7. The molecule has 0 N–H and O–H groups in total. The van der Waals surface area contributed by atoms with Gasteiger partial charge in [0, 0.05) is 16.9 Å². The van der Waals surface area contributed by atoms with E-state index in [9.17, 15) is 13.2 Å². The molecule has 0 aliphatic carbocycles. The van der Waals surface area contributed by atoms with Crippen LogP contribution in [0.4, 0.5) is 13.2 Å². The van der Waals surface area contributed by atoms with E-state index in [-0.39, 0.29) is 5.41 Å². The largest absolute Gasteiger partial charge is 0.433 e. The van der Waals surface area contributed by atoms with E-state index in [1.54, 1.807) is 0 Å². The summed E-state index contributed by atoms with van der Waals surface area (Å²) in [4.78, 5) is 3.42. The van der Waals surface area contributed by atoms with Crippen LogP contribution < -0.4 is 0 Å². The number of nitrogens with zero attached hydrogens (tertiary/aromatic N) is 1. The van der Waals surface area contributed by atoms with E-state index in [1.807, 2.05) is 13.8 Å². The van der Waals surface area contributed by atoms with Crippen molar-refractivity contribution >= 4 is 15.9 Å². The molecular formula is C10H11BrF3N. The highest BCUT2D eigenvalue weighted by molar-refractivity contribution is 9.09. The topological polar surface area (TPSA) is 12.9 Å². The van der Waals surface area contributed by atoms with Crippen LogP contribution in [0.25, 0.3) is 0 Å². The van der Waals surface area contributed by atoms with Crippen LogP contribution in [0.5, 0.6) is 0 Å². The fourth-order valence-electron chi connectivity index (χ4n) is 1.04. The van der Waals surface area contributed by atoms with Gasteiger partial charge in [-0.3, -0.25) is 4.98 Å². The maximum absolute atomic E-state index is 12.2. The highest BCUT2D eigenvalue weighted by Gasteiger charge is 2.32. The van der Waals surface area contributed by atoms with Crippen molar-refractivity contribution in [3.8, 4) is 0 Å². The molecule has 0 saturated carbocycles. The summed E-state index contributed by atoms with van der Waals surface area (Å²) in [5.41, 5.74) is -0.277. The molecule has 1 rings (SSSR count). The molecule has 0 aliphatic heterocycles. The minimum atomic E-state index is -4.36. The third-order valence-electron chi connectivity index (χ3n) is 2.17. The number of halogens is 4. The maximum atomic E-state index is 12.2. The minimum Gasteiger partial charge on any atom is -0.251 e. The lowest BCUT2D eigenvalue weighted by molar-refractivity contribution is -0.141. The highest BCUT2D eigenvalue weighted by Crippen LogP contribution is 2.30. The Morgan fingerprint density at radius 2 is 1.87 bits per heavy atom. The van der Waals surface area contributed by atoms with Crippen molar-refractivity contribution in [1.29, 1.82) is 0 Å². The second-order valence-electron chi connectivity index (χ2n) is 3.95. The van der Waals surface area contributed by atoms with Gasteiger partial charge in [-0.2, -0.15) is 13.2 Å². The first-order valence-corrected chi connectivity index (χ1v) is 5.49. The summed E-state index contributed by atoms with van der Waals surface area (Å²) >= 11 is 3.32. The van der Waals surface area contributed by atoms with E-state index < -0.39 is 11.9 Å². The second-order valence-corrected chi connectivity index (χ2v) is 4.51. The van der Waals surface area contributed by atoms with Gasteiger partial charge >= 0.3 is 6.18 Å². The fraction of sp³-hybridized carbons (Fsp3) is 0.500. The maximum Gasteiger partial charge on any atom is 0.433 e. The molecule has 0 fully saturated rings. The first kappa shape index (κ1) is 12.5. The lowest BCUT2D eigenvalue weighted by atomic mass is 9.88. The minimum absolute atomic E-state index is 0.211. The zero-order chi connectivity index (χ0) is 11.7. The average molecular weight is 282 g/mol. The lowest BCUT2D eigenvalue weighted by Gasteiger charge is -2.22. The van der Waals surface area contributed by atoms with E-state index >= 15 is 0 Å². The summed E-state index contributed by atoms with van der Waals surface area (Å²) in [6.07, 6.45) is -3.08. The zero-order valence-electron chi connectivity index (χ0n) is 8.40. The van der Waals surface area contributed by atoms with Gasteiger partial charge < -0.3 is 0 Å². The number of hydrogen-bond donors (Lipinski definition) is 0. The van der Waals surface area contributed by atoms with Gasteiger partial charge in [-0.25, -0.2) is 0 Å². The van der Waals surface area contributed by atoms with Crippen LogP contribution in [-0.4, -0.2) is 10.3 Å². The van der Waals surface area contributed by atoms with E-state index in [2.05, 4.69) is 20.9 Å². The molecule has 0 amide bonds. The summed E-state index contributed by atoms with van der Waals surface area (Å²) in [6, 6.07) is 2.48. The van der Waals surface area contributed by atoms with E-state index in [0.717, 1.165) is 11.6 Å². The summed E-state index contributed by atoms with van der Waals surface area (Å²) in [6.45, 7) is 3.87. The summed E-state index contributed by atoms with van der Waals surface area (Å²) in [5.74, 6) is 0. The fourth-order valence-corrected chi connectivity index (χ4v) is 1.36. The van der Waals surface area contributed by atoms with Crippen LogP contribution in [0.1, 0.15) is 25.1 Å². The van der Waals surface area contributed by atoms with E-state index in [0.29, 0.717) is 5.33 Å². The van der Waals surface area contributed by atoms with Gasteiger partial charge in [0.1, 0.15) is 5.69 Å². The Morgan fingerprint density at radius 1 is 1.27 bits per heavy atom. The molecule has 0 aromatic carbocycles. The molecule has 0 saturated heterocycles. The Bertz CT molecular complexity index is 330. The van der Waals surface area contributed by atoms with Crippen LogP contribution in [-0.2, 0) is 11.6 Å². The Balaban J connectivity index is 3.01. The van der Waals surface area contributed by atoms with Crippen molar-refractivity contribution in [1.82, 2.24) is 4.98 Å². The summed E-state index contributed by atoms with van der Waals surface area (Å²) in [7, 11) is 0. The molecule has 0 bridgehead atoms. The van der Waals surface area contributed by atoms with Gasteiger partial charge in [0.25, 0.3) is 0 Å². The average Bonchev–Trinajstić information content (AvgIpc) is 2.17. The molecule has 84 valence electrons. The van der Waals surface area contributed by atoms with Crippen molar-refractivity contribution in [2.45, 2.75) is 25.4 Å². The Morgan fingerprint density at radius 3 is 2.20 bits per heavy atom. The van der Waals surface area contributed by atoms with Crippen molar-refractivity contribution in [3.05, 3.63) is 29.6 Å². The molecule has 1 nitrogen and oxygen atoms in total. The van der Waals surface area contributed by atoms with Crippen LogP contribution >= 0.6 is 15.9 Å².